The molecule has 0 bridgehead atoms. The minimum atomic E-state index is -4.27. The first kappa shape index (κ1) is 26.2. The van der Waals surface area contributed by atoms with Crippen molar-refractivity contribution in [1.29, 1.82) is 0 Å². The molecule has 2 atom stereocenters. The van der Waals surface area contributed by atoms with Crippen LogP contribution in [-0.2, 0) is 20.5 Å². The minimum Gasteiger partial charge on any atom is -0.457 e. The van der Waals surface area contributed by atoms with Crippen LogP contribution in [0.1, 0.15) is 35.3 Å². The van der Waals surface area contributed by atoms with Gasteiger partial charge in [-0.3, -0.25) is 14.2 Å². The number of hydrogen-bond acceptors (Lipinski definition) is 6. The van der Waals surface area contributed by atoms with Crippen LogP contribution in [0.4, 0.5) is 0 Å². The van der Waals surface area contributed by atoms with Gasteiger partial charge in [-0.05, 0) is 47.4 Å². The average molecular weight is 516 g/mol. The van der Waals surface area contributed by atoms with Crippen LogP contribution in [0.25, 0.3) is 0 Å². The first-order chi connectivity index (χ1) is 16.2. The maximum Gasteiger partial charge on any atom is 0.271 e. The number of aliphatic imine (C=N–C) groups is 1. The van der Waals surface area contributed by atoms with Gasteiger partial charge in [0.2, 0.25) is 0 Å². The van der Waals surface area contributed by atoms with E-state index in [0.29, 0.717) is 28.2 Å². The first-order valence-electron chi connectivity index (χ1n) is 10.7. The lowest BCUT2D eigenvalue weighted by molar-refractivity contribution is -0.129. The summed E-state index contributed by atoms with van der Waals surface area (Å²) in [4.78, 5) is 19.3. The number of nitrogens with two attached hydrogens (primary N) is 1. The van der Waals surface area contributed by atoms with Gasteiger partial charge in [-0.25, -0.2) is 4.99 Å². The molecule has 0 aliphatic carbocycles. The predicted molar refractivity (Wildman–Crippen MR) is 136 cm³/mol. The third kappa shape index (κ3) is 4.88. The molecular weight excluding hydrogens is 490 g/mol. The molecule has 8 nitrogen and oxygen atoms in total. The van der Waals surface area contributed by atoms with E-state index in [1.165, 1.54) is 4.90 Å². The molecule has 184 valence electrons. The topological polar surface area (TPSA) is 122 Å². The minimum absolute atomic E-state index is 0. The van der Waals surface area contributed by atoms with Gasteiger partial charge >= 0.3 is 0 Å². The lowest BCUT2D eigenvalue weighted by Crippen LogP contribution is -2.41. The van der Waals surface area contributed by atoms with Crippen LogP contribution in [0, 0.1) is 0 Å². The van der Waals surface area contributed by atoms with Crippen LogP contribution in [0.3, 0.4) is 0 Å². The quantitative estimate of drug-likeness (QED) is 0.453. The van der Waals surface area contributed by atoms with E-state index in [-0.39, 0.29) is 30.7 Å². The molecular formula is C25H26ClN3O5S. The standard InChI is InChI=1S/C25H25N3O5S.ClH/c1-3-22(34(30,31)32)17-12-14-18(15-13-17)25(23(29)28(2)24(26)27-25)19-8-7-11-21(16-19)33-20-9-5-4-6-10-20;/h4-16,22H,3H2,1-2H3,(H2,26,27)(H,30,31,32);1H. The Bertz CT molecular complexity index is 1350. The number of rotatable bonds is 7. The van der Waals surface area contributed by atoms with Crippen molar-refractivity contribution in [2.75, 3.05) is 7.05 Å². The first-order valence-corrected chi connectivity index (χ1v) is 12.2. The molecule has 1 amide bonds. The molecule has 1 heterocycles. The second-order valence-corrected chi connectivity index (χ2v) is 9.62. The van der Waals surface area contributed by atoms with Gasteiger partial charge in [0.05, 0.1) is 0 Å². The Morgan fingerprint density at radius 2 is 1.63 bits per heavy atom. The molecule has 10 heteroatoms. The number of benzene rings is 3. The van der Waals surface area contributed by atoms with Gasteiger partial charge in [-0.2, -0.15) is 8.42 Å². The highest BCUT2D eigenvalue weighted by molar-refractivity contribution is 7.86. The van der Waals surface area contributed by atoms with Crippen molar-refractivity contribution < 1.29 is 22.5 Å². The number of para-hydroxylation sites is 1. The monoisotopic (exact) mass is 515 g/mol. The van der Waals surface area contributed by atoms with Gasteiger partial charge in [-0.1, -0.05) is 61.5 Å². The fourth-order valence-corrected chi connectivity index (χ4v) is 5.07. The van der Waals surface area contributed by atoms with E-state index in [1.807, 2.05) is 30.3 Å². The summed E-state index contributed by atoms with van der Waals surface area (Å²) in [5.41, 5.74) is 6.06. The number of nitrogens with zero attached hydrogens (tertiary/aromatic N) is 2. The van der Waals surface area contributed by atoms with Gasteiger partial charge in [0.1, 0.15) is 16.7 Å². The number of likely N-dealkylation sites (N-methyl/N-ethyl adjacent to an activating group) is 1. The van der Waals surface area contributed by atoms with E-state index in [9.17, 15) is 17.8 Å². The van der Waals surface area contributed by atoms with E-state index in [1.54, 1.807) is 62.5 Å². The number of carbonyl (C=O) groups excluding carboxylic acids is 1. The number of halogens is 1. The average Bonchev–Trinajstić information content (AvgIpc) is 3.05. The zero-order valence-electron chi connectivity index (χ0n) is 19.2. The molecule has 1 aliphatic heterocycles. The van der Waals surface area contributed by atoms with Crippen molar-refractivity contribution in [1.82, 2.24) is 4.90 Å². The highest BCUT2D eigenvalue weighted by Gasteiger charge is 2.49. The van der Waals surface area contributed by atoms with Crippen molar-refractivity contribution in [3.8, 4) is 11.5 Å². The van der Waals surface area contributed by atoms with Crippen molar-refractivity contribution in [3.05, 3.63) is 95.6 Å². The predicted octanol–water partition coefficient (Wildman–Crippen LogP) is 4.27. The summed E-state index contributed by atoms with van der Waals surface area (Å²) in [7, 11) is -2.72. The Hall–Kier alpha value is -3.40. The molecule has 0 saturated carbocycles. The lowest BCUT2D eigenvalue weighted by atomic mass is 9.82. The zero-order valence-corrected chi connectivity index (χ0v) is 20.8. The van der Waals surface area contributed by atoms with Crippen LogP contribution >= 0.6 is 12.4 Å². The molecule has 4 rings (SSSR count). The van der Waals surface area contributed by atoms with Crippen LogP contribution in [-0.4, -0.2) is 36.8 Å². The number of amides is 1. The second-order valence-electron chi connectivity index (χ2n) is 8.02. The van der Waals surface area contributed by atoms with E-state index >= 15 is 0 Å². The van der Waals surface area contributed by atoms with Crippen LogP contribution < -0.4 is 10.5 Å². The Labute approximate surface area is 210 Å². The van der Waals surface area contributed by atoms with Gasteiger partial charge in [0.15, 0.2) is 11.5 Å². The van der Waals surface area contributed by atoms with E-state index in [2.05, 4.69) is 4.99 Å². The van der Waals surface area contributed by atoms with E-state index in [4.69, 9.17) is 10.5 Å². The summed E-state index contributed by atoms with van der Waals surface area (Å²) < 4.78 is 39.0. The van der Waals surface area contributed by atoms with Crippen LogP contribution in [0.15, 0.2) is 83.9 Å². The molecule has 35 heavy (non-hydrogen) atoms. The Balaban J connectivity index is 0.00000342. The summed E-state index contributed by atoms with van der Waals surface area (Å²) in [6.45, 7) is 1.67. The molecule has 3 N–H and O–H groups in total. The molecule has 0 aromatic heterocycles. The summed E-state index contributed by atoms with van der Waals surface area (Å²) in [6, 6.07) is 22.8. The third-order valence-corrected chi connectivity index (χ3v) is 7.23. The molecule has 3 aromatic rings. The van der Waals surface area contributed by atoms with Crippen molar-refractivity contribution >= 4 is 34.4 Å². The summed E-state index contributed by atoms with van der Waals surface area (Å²) in [5.74, 6) is 0.879. The molecule has 1 aliphatic rings. The summed E-state index contributed by atoms with van der Waals surface area (Å²) >= 11 is 0. The van der Waals surface area contributed by atoms with Gasteiger partial charge in [0, 0.05) is 7.05 Å². The highest BCUT2D eigenvalue weighted by atomic mass is 35.5. The smallest absolute Gasteiger partial charge is 0.271 e. The largest absolute Gasteiger partial charge is 0.457 e. The normalized spacial score (nSPS) is 18.5. The highest BCUT2D eigenvalue weighted by Crippen LogP contribution is 2.41. The number of hydrogen-bond donors (Lipinski definition) is 2. The fraction of sp³-hybridized carbons (Fsp3) is 0.200. The summed E-state index contributed by atoms with van der Waals surface area (Å²) in [6.07, 6.45) is 0.203. The molecule has 0 saturated heterocycles. The third-order valence-electron chi connectivity index (χ3n) is 5.90. The van der Waals surface area contributed by atoms with Gasteiger partial charge < -0.3 is 10.5 Å². The zero-order chi connectivity index (χ0) is 24.5. The number of guanidine groups is 1. The SMILES string of the molecule is CCC(c1ccc(C2(c3cccc(Oc4ccccc4)c3)N=C(N)N(C)C2=O)cc1)S(=O)(=O)O.Cl. The Morgan fingerprint density at radius 1 is 1.00 bits per heavy atom. The number of carbonyl (C=O) groups is 1. The molecule has 3 aromatic carbocycles. The fourth-order valence-electron chi connectivity index (χ4n) is 4.15. The molecule has 0 spiro atoms. The van der Waals surface area contributed by atoms with Crippen molar-refractivity contribution in [2.45, 2.75) is 24.1 Å². The molecule has 0 radical (unpaired) electrons. The molecule has 2 unspecified atom stereocenters. The maximum absolute atomic E-state index is 13.5. The van der Waals surface area contributed by atoms with Crippen molar-refractivity contribution in [2.24, 2.45) is 10.7 Å². The lowest BCUT2D eigenvalue weighted by Gasteiger charge is -2.27. The van der Waals surface area contributed by atoms with Crippen molar-refractivity contribution in [3.63, 3.8) is 0 Å². The maximum atomic E-state index is 13.5. The van der Waals surface area contributed by atoms with Gasteiger partial charge in [-0.15, -0.1) is 12.4 Å². The Morgan fingerprint density at radius 3 is 2.17 bits per heavy atom. The van der Waals surface area contributed by atoms with Crippen LogP contribution in [0.2, 0.25) is 0 Å². The summed E-state index contributed by atoms with van der Waals surface area (Å²) in [5, 5.41) is -1.06. The van der Waals surface area contributed by atoms with Crippen LogP contribution in [0.5, 0.6) is 11.5 Å². The van der Waals surface area contributed by atoms with E-state index < -0.39 is 20.9 Å². The van der Waals surface area contributed by atoms with E-state index in [0.717, 1.165) is 0 Å². The Kier molecular flexibility index (Phi) is 7.54. The molecule has 0 fully saturated rings. The second kappa shape index (κ2) is 10.1. The number of ether oxygens (including phenoxy) is 1. The van der Waals surface area contributed by atoms with Gasteiger partial charge in [0.25, 0.3) is 16.0 Å².